The van der Waals surface area contributed by atoms with Crippen molar-refractivity contribution < 1.29 is 28.5 Å². The van der Waals surface area contributed by atoms with Crippen LogP contribution in [0.1, 0.15) is 25.0 Å². The van der Waals surface area contributed by atoms with Crippen molar-refractivity contribution >= 4 is 11.9 Å². The zero-order valence-corrected chi connectivity index (χ0v) is 12.9. The molecule has 1 rings (SSSR count). The van der Waals surface area contributed by atoms with Gasteiger partial charge in [-0.1, -0.05) is 0 Å². The smallest absolute Gasteiger partial charge is 0.308 e. The standard InChI is InChI=1S/C15H20O6/c1-9-13(18-4)8-14(21-11(3)17)12(15(9)19-5)6-7-20-10(2)16/h8H,6-7H2,1-5H3. The number of esters is 2. The minimum atomic E-state index is -0.448. The van der Waals surface area contributed by atoms with Crippen molar-refractivity contribution in [2.24, 2.45) is 0 Å². The molecule has 0 spiro atoms. The molecule has 0 fully saturated rings. The van der Waals surface area contributed by atoms with Crippen LogP contribution < -0.4 is 14.2 Å². The van der Waals surface area contributed by atoms with Crippen LogP contribution in [0.25, 0.3) is 0 Å². The highest BCUT2D eigenvalue weighted by Gasteiger charge is 2.19. The second-order valence-corrected chi connectivity index (χ2v) is 4.40. The molecule has 116 valence electrons. The molecule has 1 aromatic carbocycles. The Hall–Kier alpha value is -2.24. The van der Waals surface area contributed by atoms with Crippen molar-refractivity contribution in [3.8, 4) is 17.2 Å². The number of carbonyl (C=O) groups excluding carboxylic acids is 2. The largest absolute Gasteiger partial charge is 0.496 e. The van der Waals surface area contributed by atoms with Crippen molar-refractivity contribution in [1.82, 2.24) is 0 Å². The second kappa shape index (κ2) is 7.52. The van der Waals surface area contributed by atoms with Crippen molar-refractivity contribution in [1.29, 1.82) is 0 Å². The fraction of sp³-hybridized carbons (Fsp3) is 0.467. The van der Waals surface area contributed by atoms with E-state index in [1.165, 1.54) is 28.1 Å². The molecule has 0 amide bonds. The maximum Gasteiger partial charge on any atom is 0.308 e. The van der Waals surface area contributed by atoms with Crippen molar-refractivity contribution in [3.05, 3.63) is 17.2 Å². The van der Waals surface area contributed by atoms with E-state index in [9.17, 15) is 9.59 Å². The first-order chi connectivity index (χ1) is 9.90. The summed E-state index contributed by atoms with van der Waals surface area (Å²) in [5, 5.41) is 0. The fourth-order valence-electron chi connectivity index (χ4n) is 2.03. The molecule has 1 aromatic rings. The average molecular weight is 296 g/mol. The van der Waals surface area contributed by atoms with Gasteiger partial charge in [0, 0.05) is 37.5 Å². The first kappa shape index (κ1) is 16.8. The number of benzene rings is 1. The van der Waals surface area contributed by atoms with Crippen molar-refractivity contribution in [3.63, 3.8) is 0 Å². The van der Waals surface area contributed by atoms with E-state index in [2.05, 4.69) is 0 Å². The summed E-state index contributed by atoms with van der Waals surface area (Å²) in [4.78, 5) is 22.1. The number of hydrogen-bond acceptors (Lipinski definition) is 6. The first-order valence-electron chi connectivity index (χ1n) is 6.46. The van der Waals surface area contributed by atoms with Crippen LogP contribution >= 0.6 is 0 Å². The number of methoxy groups -OCH3 is 2. The Morgan fingerprint density at radius 2 is 1.71 bits per heavy atom. The van der Waals surface area contributed by atoms with Gasteiger partial charge in [0.2, 0.25) is 0 Å². The molecule has 0 N–H and O–H groups in total. The lowest BCUT2D eigenvalue weighted by Gasteiger charge is -2.18. The zero-order chi connectivity index (χ0) is 16.0. The maximum atomic E-state index is 11.2. The van der Waals surface area contributed by atoms with E-state index in [-0.39, 0.29) is 12.6 Å². The number of hydrogen-bond donors (Lipinski definition) is 0. The lowest BCUT2D eigenvalue weighted by molar-refractivity contribution is -0.141. The highest BCUT2D eigenvalue weighted by molar-refractivity contribution is 5.71. The molecule has 6 nitrogen and oxygen atoms in total. The SMILES string of the molecule is COc1cc(OC(C)=O)c(CCOC(C)=O)c(OC)c1C. The van der Waals surface area contributed by atoms with E-state index in [1.54, 1.807) is 6.07 Å². The third-order valence-electron chi connectivity index (χ3n) is 2.88. The molecule has 0 radical (unpaired) electrons. The summed E-state index contributed by atoms with van der Waals surface area (Å²) in [6, 6.07) is 1.63. The Kier molecular flexibility index (Phi) is 6.02. The molecular weight excluding hydrogens is 276 g/mol. The van der Waals surface area contributed by atoms with Gasteiger partial charge in [-0.25, -0.2) is 0 Å². The highest BCUT2D eigenvalue weighted by Crippen LogP contribution is 2.39. The molecule has 6 heteroatoms. The van der Waals surface area contributed by atoms with Crippen LogP contribution in [0.15, 0.2) is 6.07 Å². The van der Waals surface area contributed by atoms with Gasteiger partial charge in [0.25, 0.3) is 0 Å². The van der Waals surface area contributed by atoms with E-state index < -0.39 is 5.97 Å². The quantitative estimate of drug-likeness (QED) is 0.591. The van der Waals surface area contributed by atoms with Gasteiger partial charge in [0.05, 0.1) is 20.8 Å². The highest BCUT2D eigenvalue weighted by atomic mass is 16.5. The summed E-state index contributed by atoms with van der Waals surface area (Å²) in [7, 11) is 3.05. The molecule has 0 aliphatic heterocycles. The zero-order valence-electron chi connectivity index (χ0n) is 12.9. The Morgan fingerprint density at radius 3 is 2.19 bits per heavy atom. The van der Waals surface area contributed by atoms with Gasteiger partial charge in [0.15, 0.2) is 0 Å². The van der Waals surface area contributed by atoms with Gasteiger partial charge in [0.1, 0.15) is 17.2 Å². The molecule has 0 unspecified atom stereocenters. The fourth-order valence-corrected chi connectivity index (χ4v) is 2.03. The molecular formula is C15H20O6. The minimum Gasteiger partial charge on any atom is -0.496 e. The molecule has 0 bridgehead atoms. The van der Waals surface area contributed by atoms with Gasteiger partial charge >= 0.3 is 11.9 Å². The predicted octanol–water partition coefficient (Wildman–Crippen LogP) is 2.04. The summed E-state index contributed by atoms with van der Waals surface area (Å²) in [6.07, 6.45) is 0.371. The lowest BCUT2D eigenvalue weighted by Crippen LogP contribution is -2.10. The van der Waals surface area contributed by atoms with Crippen molar-refractivity contribution in [2.45, 2.75) is 27.2 Å². The number of rotatable bonds is 6. The molecule has 0 atom stereocenters. The summed E-state index contributed by atoms with van der Waals surface area (Å²) in [6.45, 7) is 4.66. The van der Waals surface area contributed by atoms with Crippen LogP contribution in [0.5, 0.6) is 17.2 Å². The summed E-state index contributed by atoms with van der Waals surface area (Å²) < 4.78 is 20.8. The van der Waals surface area contributed by atoms with Crippen molar-refractivity contribution in [2.75, 3.05) is 20.8 Å². The third-order valence-corrected chi connectivity index (χ3v) is 2.88. The van der Waals surface area contributed by atoms with Crippen LogP contribution in [-0.2, 0) is 20.7 Å². The van der Waals surface area contributed by atoms with E-state index in [4.69, 9.17) is 18.9 Å². The topological polar surface area (TPSA) is 71.1 Å². The summed E-state index contributed by atoms with van der Waals surface area (Å²) in [5.41, 5.74) is 1.45. The monoisotopic (exact) mass is 296 g/mol. The van der Waals surface area contributed by atoms with Gasteiger partial charge in [-0.2, -0.15) is 0 Å². The molecule has 0 saturated carbocycles. The molecule has 0 aromatic heterocycles. The maximum absolute atomic E-state index is 11.2. The summed E-state index contributed by atoms with van der Waals surface area (Å²) >= 11 is 0. The van der Waals surface area contributed by atoms with Gasteiger partial charge in [-0.3, -0.25) is 9.59 Å². The number of ether oxygens (including phenoxy) is 4. The summed E-state index contributed by atoms with van der Waals surface area (Å²) in [5.74, 6) is 0.635. The molecule has 0 aliphatic rings. The Morgan fingerprint density at radius 1 is 1.05 bits per heavy atom. The van der Waals surface area contributed by atoms with E-state index in [0.29, 0.717) is 29.2 Å². The van der Waals surface area contributed by atoms with E-state index >= 15 is 0 Å². The van der Waals surface area contributed by atoms with Gasteiger partial charge in [-0.05, 0) is 6.92 Å². The lowest BCUT2D eigenvalue weighted by atomic mass is 10.0. The van der Waals surface area contributed by atoms with Crippen LogP contribution in [0.3, 0.4) is 0 Å². The Balaban J connectivity index is 3.23. The first-order valence-corrected chi connectivity index (χ1v) is 6.46. The second-order valence-electron chi connectivity index (χ2n) is 4.40. The van der Waals surface area contributed by atoms with E-state index in [1.807, 2.05) is 6.92 Å². The molecule has 0 heterocycles. The Bertz CT molecular complexity index is 535. The van der Waals surface area contributed by atoms with E-state index in [0.717, 1.165) is 5.56 Å². The Labute approximate surface area is 123 Å². The van der Waals surface area contributed by atoms with Gasteiger partial charge < -0.3 is 18.9 Å². The molecule has 0 saturated heterocycles. The van der Waals surface area contributed by atoms with Crippen LogP contribution in [0.4, 0.5) is 0 Å². The predicted molar refractivity (Wildman–Crippen MR) is 75.9 cm³/mol. The van der Waals surface area contributed by atoms with Crippen LogP contribution in [-0.4, -0.2) is 32.8 Å². The average Bonchev–Trinajstić information content (AvgIpc) is 2.40. The third kappa shape index (κ3) is 4.37. The molecule has 0 aliphatic carbocycles. The minimum absolute atomic E-state index is 0.172. The number of carbonyl (C=O) groups is 2. The van der Waals surface area contributed by atoms with Gasteiger partial charge in [-0.15, -0.1) is 0 Å². The van der Waals surface area contributed by atoms with Crippen LogP contribution in [0, 0.1) is 6.92 Å². The normalized spacial score (nSPS) is 9.95. The molecule has 21 heavy (non-hydrogen) atoms. The van der Waals surface area contributed by atoms with Crippen LogP contribution in [0.2, 0.25) is 0 Å².